The maximum atomic E-state index is 5.71. The van der Waals surface area contributed by atoms with Gasteiger partial charge in [-0.25, -0.2) is 0 Å². The molecule has 2 heteroatoms. The van der Waals surface area contributed by atoms with Crippen molar-refractivity contribution in [2.75, 3.05) is 13.1 Å². The number of benzene rings is 1. The zero-order valence-corrected chi connectivity index (χ0v) is 10.1. The van der Waals surface area contributed by atoms with Crippen LogP contribution in [0.15, 0.2) is 24.3 Å². The fourth-order valence-corrected chi connectivity index (χ4v) is 2.00. The lowest BCUT2D eigenvalue weighted by Crippen LogP contribution is -2.24. The topological polar surface area (TPSA) is 38.0 Å². The minimum Gasteiger partial charge on any atom is -0.326 e. The fourth-order valence-electron chi connectivity index (χ4n) is 2.00. The molecule has 0 bridgehead atoms. The van der Waals surface area contributed by atoms with Crippen LogP contribution in [0, 0.1) is 5.41 Å². The summed E-state index contributed by atoms with van der Waals surface area (Å²) in [6.07, 6.45) is 3.86. The second-order valence-electron chi connectivity index (χ2n) is 5.21. The molecule has 1 saturated carbocycles. The molecule has 0 heterocycles. The van der Waals surface area contributed by atoms with Crippen molar-refractivity contribution in [3.63, 3.8) is 0 Å². The van der Waals surface area contributed by atoms with E-state index in [1.807, 2.05) is 0 Å². The van der Waals surface area contributed by atoms with Crippen molar-refractivity contribution in [3.8, 4) is 0 Å². The van der Waals surface area contributed by atoms with Crippen LogP contribution in [0.1, 0.15) is 30.9 Å². The van der Waals surface area contributed by atoms with Gasteiger partial charge >= 0.3 is 0 Å². The maximum Gasteiger partial charge on any atom is 0.0180 e. The molecule has 0 aromatic heterocycles. The van der Waals surface area contributed by atoms with E-state index in [9.17, 15) is 0 Å². The summed E-state index contributed by atoms with van der Waals surface area (Å²) < 4.78 is 0. The Labute approximate surface area is 98.2 Å². The zero-order valence-electron chi connectivity index (χ0n) is 10.1. The highest BCUT2D eigenvalue weighted by atomic mass is 14.9. The van der Waals surface area contributed by atoms with Gasteiger partial charge in [-0.2, -0.15) is 0 Å². The molecule has 0 aliphatic heterocycles. The van der Waals surface area contributed by atoms with E-state index in [2.05, 4.69) is 36.5 Å². The van der Waals surface area contributed by atoms with Crippen LogP contribution in [0.5, 0.6) is 0 Å². The Morgan fingerprint density at radius 2 is 1.94 bits per heavy atom. The Bertz CT molecular complexity index is 342. The van der Waals surface area contributed by atoms with E-state index in [1.165, 1.54) is 24.0 Å². The third-order valence-electron chi connectivity index (χ3n) is 3.56. The van der Waals surface area contributed by atoms with Gasteiger partial charge in [0.2, 0.25) is 0 Å². The SMILES string of the molecule is CC1(CNCCc2ccccc2CN)CC1. The third kappa shape index (κ3) is 3.06. The molecule has 3 N–H and O–H groups in total. The molecular weight excluding hydrogens is 196 g/mol. The molecule has 88 valence electrons. The lowest BCUT2D eigenvalue weighted by atomic mass is 10.0. The van der Waals surface area contributed by atoms with Gasteiger partial charge in [0, 0.05) is 13.1 Å². The first-order valence-corrected chi connectivity index (χ1v) is 6.21. The second kappa shape index (κ2) is 4.98. The summed E-state index contributed by atoms with van der Waals surface area (Å²) >= 11 is 0. The van der Waals surface area contributed by atoms with Gasteiger partial charge in [-0.1, -0.05) is 31.2 Å². The normalized spacial score (nSPS) is 17.4. The van der Waals surface area contributed by atoms with Gasteiger partial charge in [-0.15, -0.1) is 0 Å². The molecule has 1 aromatic rings. The van der Waals surface area contributed by atoms with E-state index in [0.717, 1.165) is 19.5 Å². The molecule has 1 aromatic carbocycles. The van der Waals surface area contributed by atoms with Crippen molar-refractivity contribution < 1.29 is 0 Å². The van der Waals surface area contributed by atoms with Gasteiger partial charge in [0.1, 0.15) is 0 Å². The number of nitrogens with one attached hydrogen (secondary N) is 1. The van der Waals surface area contributed by atoms with Crippen molar-refractivity contribution in [3.05, 3.63) is 35.4 Å². The summed E-state index contributed by atoms with van der Waals surface area (Å²) in [6.45, 7) is 5.23. The van der Waals surface area contributed by atoms with E-state index in [1.54, 1.807) is 0 Å². The first kappa shape index (κ1) is 11.6. The molecule has 0 atom stereocenters. The van der Waals surface area contributed by atoms with E-state index in [0.29, 0.717) is 12.0 Å². The molecule has 16 heavy (non-hydrogen) atoms. The van der Waals surface area contributed by atoms with Crippen molar-refractivity contribution in [2.24, 2.45) is 11.1 Å². The third-order valence-corrected chi connectivity index (χ3v) is 3.56. The number of rotatable bonds is 6. The highest BCUT2D eigenvalue weighted by Gasteiger charge is 2.36. The van der Waals surface area contributed by atoms with Crippen LogP contribution in [0.3, 0.4) is 0 Å². The van der Waals surface area contributed by atoms with Crippen molar-refractivity contribution in [1.29, 1.82) is 0 Å². The number of hydrogen-bond donors (Lipinski definition) is 2. The minimum atomic E-state index is 0.605. The molecule has 0 radical (unpaired) electrons. The van der Waals surface area contributed by atoms with Crippen LogP contribution in [0.2, 0.25) is 0 Å². The fraction of sp³-hybridized carbons (Fsp3) is 0.571. The smallest absolute Gasteiger partial charge is 0.0180 e. The van der Waals surface area contributed by atoms with Gasteiger partial charge in [0.25, 0.3) is 0 Å². The summed E-state index contributed by atoms with van der Waals surface area (Å²) in [5, 5.41) is 3.55. The molecule has 0 unspecified atom stereocenters. The average molecular weight is 218 g/mol. The molecule has 0 spiro atoms. The van der Waals surface area contributed by atoms with Crippen LogP contribution in [0.4, 0.5) is 0 Å². The average Bonchev–Trinajstić information content (AvgIpc) is 3.04. The molecular formula is C14H22N2. The Kier molecular flexibility index (Phi) is 3.62. The number of nitrogens with two attached hydrogens (primary N) is 1. The molecule has 2 rings (SSSR count). The standard InChI is InChI=1S/C14H22N2/c1-14(7-8-14)11-16-9-6-12-4-2-3-5-13(12)10-15/h2-5,16H,6-11,15H2,1H3. The summed E-state index contributed by atoms with van der Waals surface area (Å²) in [5.74, 6) is 0. The van der Waals surface area contributed by atoms with Crippen LogP contribution in [-0.4, -0.2) is 13.1 Å². The first-order chi connectivity index (χ1) is 7.73. The summed E-state index contributed by atoms with van der Waals surface area (Å²) in [7, 11) is 0. The molecule has 0 saturated heterocycles. The Balaban J connectivity index is 1.75. The Morgan fingerprint density at radius 1 is 1.25 bits per heavy atom. The van der Waals surface area contributed by atoms with Gasteiger partial charge in [0.05, 0.1) is 0 Å². The van der Waals surface area contributed by atoms with Crippen LogP contribution in [-0.2, 0) is 13.0 Å². The summed E-state index contributed by atoms with van der Waals surface area (Å²) in [5.41, 5.74) is 8.99. The largest absolute Gasteiger partial charge is 0.326 e. The zero-order chi connectivity index (χ0) is 11.4. The lowest BCUT2D eigenvalue weighted by molar-refractivity contribution is 0.502. The Hall–Kier alpha value is -0.860. The van der Waals surface area contributed by atoms with Gasteiger partial charge in [-0.05, 0) is 42.3 Å². The molecule has 1 aliphatic carbocycles. The highest BCUT2D eigenvalue weighted by Crippen LogP contribution is 2.43. The lowest BCUT2D eigenvalue weighted by Gasteiger charge is -2.11. The van der Waals surface area contributed by atoms with Gasteiger partial charge in [0.15, 0.2) is 0 Å². The van der Waals surface area contributed by atoms with Crippen LogP contribution < -0.4 is 11.1 Å². The van der Waals surface area contributed by atoms with Crippen molar-refractivity contribution in [2.45, 2.75) is 32.7 Å². The summed E-state index contributed by atoms with van der Waals surface area (Å²) in [6, 6.07) is 8.46. The minimum absolute atomic E-state index is 0.605. The quantitative estimate of drug-likeness (QED) is 0.717. The monoisotopic (exact) mass is 218 g/mol. The molecule has 0 amide bonds. The maximum absolute atomic E-state index is 5.71. The van der Waals surface area contributed by atoms with Crippen LogP contribution in [0.25, 0.3) is 0 Å². The predicted molar refractivity (Wildman–Crippen MR) is 68.2 cm³/mol. The predicted octanol–water partition coefficient (Wildman–Crippen LogP) is 2.08. The highest BCUT2D eigenvalue weighted by molar-refractivity contribution is 5.27. The Morgan fingerprint density at radius 3 is 2.56 bits per heavy atom. The van der Waals surface area contributed by atoms with Crippen molar-refractivity contribution >= 4 is 0 Å². The van der Waals surface area contributed by atoms with E-state index in [4.69, 9.17) is 5.73 Å². The van der Waals surface area contributed by atoms with E-state index in [-0.39, 0.29) is 0 Å². The molecule has 1 fully saturated rings. The molecule has 2 nitrogen and oxygen atoms in total. The van der Waals surface area contributed by atoms with E-state index >= 15 is 0 Å². The van der Waals surface area contributed by atoms with E-state index < -0.39 is 0 Å². The van der Waals surface area contributed by atoms with Crippen LogP contribution >= 0.6 is 0 Å². The molecule has 1 aliphatic rings. The first-order valence-electron chi connectivity index (χ1n) is 6.21. The summed E-state index contributed by atoms with van der Waals surface area (Å²) in [4.78, 5) is 0. The van der Waals surface area contributed by atoms with Gasteiger partial charge < -0.3 is 11.1 Å². The van der Waals surface area contributed by atoms with Crippen molar-refractivity contribution in [1.82, 2.24) is 5.32 Å². The second-order valence-corrected chi connectivity index (χ2v) is 5.21. The van der Waals surface area contributed by atoms with Gasteiger partial charge in [-0.3, -0.25) is 0 Å². The number of hydrogen-bond acceptors (Lipinski definition) is 2.